The second kappa shape index (κ2) is 7.43. The van der Waals surface area contributed by atoms with Gasteiger partial charge in [0.15, 0.2) is 6.61 Å². The van der Waals surface area contributed by atoms with E-state index in [0.29, 0.717) is 18.8 Å². The highest BCUT2D eigenvalue weighted by molar-refractivity contribution is 9.10. The third-order valence-corrected chi connectivity index (χ3v) is 4.10. The van der Waals surface area contributed by atoms with Crippen molar-refractivity contribution in [3.05, 3.63) is 40.9 Å². The van der Waals surface area contributed by atoms with E-state index in [1.807, 2.05) is 43.3 Å². The number of fused-ring (bicyclic) bond motifs is 1. The van der Waals surface area contributed by atoms with Crippen LogP contribution in [-0.2, 0) is 4.79 Å². The standard InChI is InChI=1S/C16H18BrNO3/c1-2-18(9-10-19)15(20)11-21-14-8-7-12-5-3-4-6-13(12)16(14)17/h3-8,19H,2,9-11H2,1H3. The largest absolute Gasteiger partial charge is 0.483 e. The fraction of sp³-hybridized carbons (Fsp3) is 0.312. The van der Waals surface area contributed by atoms with E-state index in [9.17, 15) is 4.79 Å². The van der Waals surface area contributed by atoms with Crippen LogP contribution in [0.4, 0.5) is 0 Å². The molecule has 0 radical (unpaired) electrons. The molecule has 0 bridgehead atoms. The number of nitrogens with zero attached hydrogens (tertiary/aromatic N) is 1. The number of aliphatic hydroxyl groups excluding tert-OH is 1. The minimum Gasteiger partial charge on any atom is -0.483 e. The maximum absolute atomic E-state index is 12.0. The van der Waals surface area contributed by atoms with Crippen molar-refractivity contribution in [2.45, 2.75) is 6.92 Å². The average Bonchev–Trinajstić information content (AvgIpc) is 2.52. The Labute approximate surface area is 132 Å². The number of hydrogen-bond acceptors (Lipinski definition) is 3. The summed E-state index contributed by atoms with van der Waals surface area (Å²) in [5.41, 5.74) is 0. The van der Waals surface area contributed by atoms with Crippen LogP contribution in [0.15, 0.2) is 40.9 Å². The fourth-order valence-corrected chi connectivity index (χ4v) is 2.74. The summed E-state index contributed by atoms with van der Waals surface area (Å²) in [5.74, 6) is 0.508. The van der Waals surface area contributed by atoms with Gasteiger partial charge in [0.1, 0.15) is 5.75 Å². The van der Waals surface area contributed by atoms with Crippen LogP contribution in [0.25, 0.3) is 10.8 Å². The molecule has 1 N–H and O–H groups in total. The van der Waals surface area contributed by atoms with Crippen LogP contribution in [0.2, 0.25) is 0 Å². The zero-order chi connectivity index (χ0) is 15.2. The molecule has 2 rings (SSSR count). The highest BCUT2D eigenvalue weighted by atomic mass is 79.9. The van der Waals surface area contributed by atoms with Crippen LogP contribution in [0.5, 0.6) is 5.75 Å². The van der Waals surface area contributed by atoms with E-state index < -0.39 is 0 Å². The molecule has 4 nitrogen and oxygen atoms in total. The number of halogens is 1. The Morgan fingerprint density at radius 1 is 1.29 bits per heavy atom. The van der Waals surface area contributed by atoms with Crippen molar-refractivity contribution in [2.75, 3.05) is 26.3 Å². The fourth-order valence-electron chi connectivity index (χ4n) is 2.14. The topological polar surface area (TPSA) is 49.8 Å². The Hall–Kier alpha value is -1.59. The summed E-state index contributed by atoms with van der Waals surface area (Å²) in [6, 6.07) is 11.8. The summed E-state index contributed by atoms with van der Waals surface area (Å²) in [5, 5.41) is 11.1. The number of ether oxygens (including phenoxy) is 1. The molecule has 1 amide bonds. The van der Waals surface area contributed by atoms with Gasteiger partial charge in [-0.15, -0.1) is 0 Å². The molecule has 0 aliphatic rings. The highest BCUT2D eigenvalue weighted by Crippen LogP contribution is 2.32. The van der Waals surface area contributed by atoms with Gasteiger partial charge in [-0.2, -0.15) is 0 Å². The Balaban J connectivity index is 2.10. The zero-order valence-corrected chi connectivity index (χ0v) is 13.5. The molecule has 0 atom stereocenters. The Morgan fingerprint density at radius 3 is 2.76 bits per heavy atom. The molecule has 21 heavy (non-hydrogen) atoms. The molecule has 5 heteroatoms. The predicted octanol–water partition coefficient (Wildman–Crippen LogP) is 2.82. The smallest absolute Gasteiger partial charge is 0.260 e. The Morgan fingerprint density at radius 2 is 2.05 bits per heavy atom. The van der Waals surface area contributed by atoms with Gasteiger partial charge in [0.25, 0.3) is 5.91 Å². The summed E-state index contributed by atoms with van der Waals surface area (Å²) in [4.78, 5) is 13.6. The SMILES string of the molecule is CCN(CCO)C(=O)COc1ccc2ccccc2c1Br. The molecule has 2 aromatic rings. The van der Waals surface area contributed by atoms with Gasteiger partial charge in [-0.3, -0.25) is 4.79 Å². The number of rotatable bonds is 6. The predicted molar refractivity (Wildman–Crippen MR) is 86.5 cm³/mol. The molecule has 0 aliphatic heterocycles. The Kier molecular flexibility index (Phi) is 5.59. The van der Waals surface area contributed by atoms with Crippen molar-refractivity contribution in [3.63, 3.8) is 0 Å². The minimum absolute atomic E-state index is 0.0369. The molecular weight excluding hydrogens is 334 g/mol. The normalized spacial score (nSPS) is 10.6. The van der Waals surface area contributed by atoms with Crippen molar-refractivity contribution in [3.8, 4) is 5.75 Å². The molecule has 0 aromatic heterocycles. The van der Waals surface area contributed by atoms with Crippen LogP contribution in [0.1, 0.15) is 6.92 Å². The highest BCUT2D eigenvalue weighted by Gasteiger charge is 2.13. The lowest BCUT2D eigenvalue weighted by atomic mass is 10.1. The van der Waals surface area contributed by atoms with Crippen LogP contribution in [0, 0.1) is 0 Å². The molecule has 0 fully saturated rings. The van der Waals surface area contributed by atoms with Gasteiger partial charge < -0.3 is 14.7 Å². The average molecular weight is 352 g/mol. The van der Waals surface area contributed by atoms with Crippen LogP contribution in [-0.4, -0.2) is 42.2 Å². The minimum atomic E-state index is -0.133. The number of hydrogen-bond donors (Lipinski definition) is 1. The van der Waals surface area contributed by atoms with Gasteiger partial charge in [0, 0.05) is 13.1 Å². The first kappa shape index (κ1) is 15.8. The third-order valence-electron chi connectivity index (χ3n) is 3.28. The Bertz CT molecular complexity index is 630. The summed E-state index contributed by atoms with van der Waals surface area (Å²) in [6.45, 7) is 2.68. The number of aliphatic hydroxyl groups is 1. The zero-order valence-electron chi connectivity index (χ0n) is 11.9. The first-order chi connectivity index (χ1) is 10.2. The summed E-state index contributed by atoms with van der Waals surface area (Å²) < 4.78 is 6.46. The first-order valence-corrected chi connectivity index (χ1v) is 7.65. The molecule has 0 spiro atoms. The molecular formula is C16H18BrNO3. The van der Waals surface area contributed by atoms with Crippen molar-refractivity contribution >= 4 is 32.6 Å². The summed E-state index contributed by atoms with van der Waals surface area (Å²) >= 11 is 3.53. The van der Waals surface area contributed by atoms with E-state index in [-0.39, 0.29) is 19.1 Å². The first-order valence-electron chi connectivity index (χ1n) is 6.86. The lowest BCUT2D eigenvalue weighted by molar-refractivity contribution is -0.133. The van der Waals surface area contributed by atoms with Gasteiger partial charge in [0.05, 0.1) is 11.1 Å². The second-order valence-electron chi connectivity index (χ2n) is 4.58. The van der Waals surface area contributed by atoms with Crippen LogP contribution in [0.3, 0.4) is 0 Å². The third kappa shape index (κ3) is 3.74. The maximum Gasteiger partial charge on any atom is 0.260 e. The number of likely N-dealkylation sites (N-methyl/N-ethyl adjacent to an activating group) is 1. The van der Waals surface area contributed by atoms with Gasteiger partial charge in [-0.05, 0) is 39.7 Å². The molecule has 0 saturated carbocycles. The van der Waals surface area contributed by atoms with Crippen molar-refractivity contribution in [1.82, 2.24) is 4.90 Å². The molecule has 2 aromatic carbocycles. The molecule has 0 unspecified atom stereocenters. The number of carbonyl (C=O) groups is 1. The lowest BCUT2D eigenvalue weighted by Gasteiger charge is -2.20. The molecule has 112 valence electrons. The summed E-state index contributed by atoms with van der Waals surface area (Å²) in [7, 11) is 0. The van der Waals surface area contributed by atoms with E-state index >= 15 is 0 Å². The summed E-state index contributed by atoms with van der Waals surface area (Å²) in [6.07, 6.45) is 0. The van der Waals surface area contributed by atoms with Crippen molar-refractivity contribution < 1.29 is 14.6 Å². The lowest BCUT2D eigenvalue weighted by Crippen LogP contribution is -2.36. The van der Waals surface area contributed by atoms with E-state index in [4.69, 9.17) is 9.84 Å². The van der Waals surface area contributed by atoms with Crippen LogP contribution >= 0.6 is 15.9 Å². The van der Waals surface area contributed by atoms with Crippen molar-refractivity contribution in [2.24, 2.45) is 0 Å². The van der Waals surface area contributed by atoms with E-state index in [0.717, 1.165) is 15.2 Å². The van der Waals surface area contributed by atoms with Crippen LogP contribution < -0.4 is 4.74 Å². The van der Waals surface area contributed by atoms with E-state index in [1.54, 1.807) is 4.90 Å². The quantitative estimate of drug-likeness (QED) is 0.870. The number of carbonyl (C=O) groups excluding carboxylic acids is 1. The maximum atomic E-state index is 12.0. The van der Waals surface area contributed by atoms with Gasteiger partial charge >= 0.3 is 0 Å². The molecule has 0 aliphatic carbocycles. The second-order valence-corrected chi connectivity index (χ2v) is 5.38. The van der Waals surface area contributed by atoms with E-state index in [1.165, 1.54) is 0 Å². The monoisotopic (exact) mass is 351 g/mol. The molecule has 0 heterocycles. The van der Waals surface area contributed by atoms with Gasteiger partial charge in [0.2, 0.25) is 0 Å². The van der Waals surface area contributed by atoms with Crippen molar-refractivity contribution in [1.29, 1.82) is 0 Å². The van der Waals surface area contributed by atoms with E-state index in [2.05, 4.69) is 15.9 Å². The number of benzene rings is 2. The van der Waals surface area contributed by atoms with Gasteiger partial charge in [-0.1, -0.05) is 30.3 Å². The molecule has 0 saturated heterocycles. The number of amides is 1. The van der Waals surface area contributed by atoms with Gasteiger partial charge in [-0.25, -0.2) is 0 Å².